The van der Waals surface area contributed by atoms with Crippen LogP contribution < -0.4 is 5.46 Å². The molecule has 0 saturated carbocycles. The lowest BCUT2D eigenvalue weighted by molar-refractivity contribution is 0.426. The minimum Gasteiger partial charge on any atom is -0.423 e. The van der Waals surface area contributed by atoms with Crippen molar-refractivity contribution < 1.29 is 42.9 Å². The molecule has 0 aliphatic carbocycles. The van der Waals surface area contributed by atoms with E-state index in [0.717, 1.165) is 93.2 Å². The highest BCUT2D eigenvalue weighted by Crippen LogP contribution is 2.49. The molecule has 16 rings (SSSR count). The number of hydrogen-bond donors (Lipinski definition) is 2. The first kappa shape index (κ1) is 46.4. The van der Waals surface area contributed by atoms with Crippen LogP contribution in [-0.4, -0.2) is 62.4 Å². The van der Waals surface area contributed by atoms with Crippen molar-refractivity contribution in [1.82, 2.24) is 19.9 Å². The maximum Gasteiger partial charge on any atom is 0.489 e. The zero-order chi connectivity index (χ0) is 65.6. The highest BCUT2D eigenvalue weighted by atomic mass is 79.9. The summed E-state index contributed by atoms with van der Waals surface area (Å²) in [7, 11) is -8.93. The monoisotopic (exact) mass is 1200 g/mol. The van der Waals surface area contributed by atoms with E-state index in [1.165, 1.54) is 12.1 Å². The van der Waals surface area contributed by atoms with Gasteiger partial charge in [0.05, 0.1) is 55.8 Å². The van der Waals surface area contributed by atoms with Crippen LogP contribution in [0, 0.1) is 0 Å². The second kappa shape index (κ2) is 21.0. The molecule has 6 heterocycles. The summed E-state index contributed by atoms with van der Waals surface area (Å²) in [4.78, 5) is 19.8. The summed E-state index contributed by atoms with van der Waals surface area (Å²) < 4.78 is 109. The average molecular weight is 1200 g/mol. The molecular formula is C68H52B2BrN4O6S2. The number of aromatic nitrogens is 4. The molecule has 0 fully saturated rings. The Hall–Kier alpha value is -9.21. The Labute approximate surface area is 504 Å². The van der Waals surface area contributed by atoms with Gasteiger partial charge in [0.1, 0.15) is 0 Å². The molecule has 2 aliphatic heterocycles. The van der Waals surface area contributed by atoms with Gasteiger partial charge in [0, 0.05) is 99.1 Å². The molecule has 0 saturated heterocycles. The number of hydrogen-bond acceptors (Lipinski definition) is 10. The lowest BCUT2D eigenvalue weighted by Gasteiger charge is -2.14. The number of fused-ring (bicyclic) bond motifs is 14. The molecule has 0 bridgehead atoms. The van der Waals surface area contributed by atoms with Gasteiger partial charge in [-0.15, -0.1) is 0 Å². The van der Waals surface area contributed by atoms with Gasteiger partial charge in [0.25, 0.3) is 0 Å². The van der Waals surface area contributed by atoms with Crippen molar-refractivity contribution in [3.63, 3.8) is 0 Å². The first-order chi connectivity index (χ1) is 44.8. The predicted octanol–water partition coefficient (Wildman–Crippen LogP) is 15.5. The van der Waals surface area contributed by atoms with Crippen molar-refractivity contribution in [2.45, 2.75) is 19.6 Å². The fourth-order valence-electron chi connectivity index (χ4n) is 11.4. The van der Waals surface area contributed by atoms with Gasteiger partial charge in [0.2, 0.25) is 19.7 Å². The molecule has 0 atom stereocenters. The van der Waals surface area contributed by atoms with Gasteiger partial charge in [-0.3, -0.25) is 9.97 Å². The van der Waals surface area contributed by atoms with E-state index in [9.17, 15) is 26.9 Å². The summed E-state index contributed by atoms with van der Waals surface area (Å²) in [6.45, 7) is 0. The topological polar surface area (TPSA) is 160 Å². The maximum atomic E-state index is 13.8. The maximum absolute atomic E-state index is 13.8. The third kappa shape index (κ3) is 8.87. The highest BCUT2D eigenvalue weighted by molar-refractivity contribution is 9.10. The number of sulfone groups is 2. The van der Waals surface area contributed by atoms with Gasteiger partial charge < -0.3 is 10.0 Å². The summed E-state index contributed by atoms with van der Waals surface area (Å²) >= 11 is 3.27. The first-order valence-electron chi connectivity index (χ1n) is 31.1. The van der Waals surface area contributed by atoms with Gasteiger partial charge in [-0.05, 0) is 90.9 Å². The van der Waals surface area contributed by atoms with Crippen LogP contribution in [0.4, 0.5) is 0 Å². The molecule has 0 spiro atoms. The quantitative estimate of drug-likeness (QED) is 0.128. The minimum absolute atomic E-state index is 0. The van der Waals surface area contributed by atoms with Crippen LogP contribution in [-0.2, 0) is 19.7 Å². The normalized spacial score (nSPS) is 13.8. The Morgan fingerprint density at radius 1 is 0.398 bits per heavy atom. The van der Waals surface area contributed by atoms with Crippen molar-refractivity contribution in [3.05, 3.63) is 247 Å². The molecule has 14 aromatic rings. The van der Waals surface area contributed by atoms with Crippen molar-refractivity contribution >= 4 is 122 Å². The van der Waals surface area contributed by atoms with Gasteiger partial charge in [-0.1, -0.05) is 188 Å². The van der Waals surface area contributed by atoms with Crippen LogP contribution in [0.25, 0.3) is 121 Å². The zero-order valence-corrected chi connectivity index (χ0v) is 46.8. The minimum atomic E-state index is -3.86. The van der Waals surface area contributed by atoms with E-state index in [0.29, 0.717) is 37.8 Å². The number of nitrogens with zero attached hydrogens (tertiary/aromatic N) is 4. The summed E-state index contributed by atoms with van der Waals surface area (Å²) in [5, 5.41) is 27.2. The fourth-order valence-corrected chi connectivity index (χ4v) is 16.0. The summed E-state index contributed by atoms with van der Waals surface area (Å²) in [6.07, 6.45) is 3.57. The van der Waals surface area contributed by atoms with Crippen LogP contribution in [0.3, 0.4) is 0 Å². The van der Waals surface area contributed by atoms with Gasteiger partial charge in [0.15, 0.2) is 0 Å². The predicted molar refractivity (Wildman–Crippen MR) is 347 cm³/mol. The van der Waals surface area contributed by atoms with E-state index in [-0.39, 0.29) is 41.5 Å². The summed E-state index contributed by atoms with van der Waals surface area (Å²) in [5.41, 5.74) is 11.5. The molecule has 83 heavy (non-hydrogen) atoms. The molecule has 0 unspecified atom stereocenters. The molecule has 2 aliphatic rings. The molecule has 15 heteroatoms. The van der Waals surface area contributed by atoms with Gasteiger partial charge >= 0.3 is 7.12 Å². The molecule has 0 amide bonds. The van der Waals surface area contributed by atoms with Crippen LogP contribution in [0.2, 0.25) is 0 Å². The molecular weight excluding hydrogens is 1130 g/mol. The number of benzene rings is 10. The lowest BCUT2D eigenvalue weighted by Crippen LogP contribution is -2.30. The Kier molecular flexibility index (Phi) is 11.7. The van der Waals surface area contributed by atoms with Gasteiger partial charge in [-0.25, -0.2) is 26.8 Å². The van der Waals surface area contributed by atoms with Crippen LogP contribution in [0.15, 0.2) is 267 Å². The van der Waals surface area contributed by atoms with Gasteiger partial charge in [-0.2, -0.15) is 0 Å². The van der Waals surface area contributed by atoms with Crippen LogP contribution in [0.1, 0.15) is 16.0 Å². The second-order valence-electron chi connectivity index (χ2n) is 19.8. The van der Waals surface area contributed by atoms with E-state index in [4.69, 9.17) is 24.6 Å². The summed E-state index contributed by atoms with van der Waals surface area (Å²) in [5.74, 6) is 0. The number of rotatable bonds is 4. The largest absolute Gasteiger partial charge is 0.489 e. The fraction of sp³-hybridized carbons (Fsp3) is 0. The third-order valence-electron chi connectivity index (χ3n) is 15.1. The van der Waals surface area contributed by atoms with Crippen molar-refractivity contribution in [3.8, 4) is 55.9 Å². The molecule has 10 nitrogen and oxygen atoms in total. The Morgan fingerprint density at radius 2 is 0.795 bits per heavy atom. The molecule has 2 N–H and O–H groups in total. The van der Waals surface area contributed by atoms with Crippen molar-refractivity contribution in [2.24, 2.45) is 0 Å². The van der Waals surface area contributed by atoms with Crippen molar-refractivity contribution in [2.75, 3.05) is 0 Å². The van der Waals surface area contributed by atoms with Crippen LogP contribution >= 0.6 is 15.9 Å². The second-order valence-corrected chi connectivity index (χ2v) is 24.3. The zero-order valence-electron chi connectivity index (χ0n) is 53.6. The SMILES string of the molecule is OB(O)c1ccc(-c2ccc3ccc4cccnc4c3n2)c2ccccc12.[2HH].[2H][2H].[2H][2H].[2H][2H].[2H][2H].[2H]c1cccc2c1S(=O)(=O)c1c(Br)cccc1-2.[2H]c1cccc2c1S(=O)(=O)c1c-2cccc1-c1ccc(-c2ccc3ccc4cccnc4c3n2)c2ccccc12.[B]. The third-order valence-corrected chi connectivity index (χ3v) is 19.8. The Bertz CT molecular complexity index is 5350. The van der Waals surface area contributed by atoms with E-state index in [1.54, 1.807) is 60.9 Å². The van der Waals surface area contributed by atoms with E-state index in [2.05, 4.69) is 68.4 Å². The molecule has 3 radical (unpaired) electrons. The molecule has 4 aromatic heterocycles. The smallest absolute Gasteiger partial charge is 0.423 e. The van der Waals surface area contributed by atoms with E-state index in [1.807, 2.05) is 115 Å². The number of halogens is 1. The van der Waals surface area contributed by atoms with E-state index < -0.39 is 26.8 Å². The molecule has 10 aromatic carbocycles. The highest BCUT2D eigenvalue weighted by Gasteiger charge is 2.36. The first-order valence-corrected chi connectivity index (χ1v) is 29.9. The number of pyridine rings is 4. The standard InChI is InChI=1S/C34H20N2O2S.C22H15BN2O2.C12H7BrO2S.B.5H2/c37-39(38)31-13-4-3-10-27(31)29-12-5-11-28(34(29)39)25-17-18-26(24-9-2-1-8-23(24)25)30-19-16-22-15-14-21-7-6-20-35-32(21)33(22)36-30;26-23(27)19-11-10-18(16-5-1-2-6-17(16)19)20-12-9-15-8-7-14-4-3-13-24-21(14)22(15)25-20;13-10-6-3-5-9-8-4-1-2-7-11(8)16(14,15)12(9)10;;;;;;/h1-20H;1-13,26-27H;1-7H;;5*1H/i13D;;7D;;4*1+1D;1+1. The lowest BCUT2D eigenvalue weighted by atomic mass is 9.76. The molecule has 405 valence electrons. The Morgan fingerprint density at radius 3 is 1.34 bits per heavy atom. The van der Waals surface area contributed by atoms with Crippen molar-refractivity contribution in [1.29, 1.82) is 0 Å². The summed E-state index contributed by atoms with van der Waals surface area (Å²) in [6, 6.07) is 68.6. The van der Waals surface area contributed by atoms with E-state index >= 15 is 0 Å². The average Bonchev–Trinajstić information content (AvgIpc) is 1.55. The Balaban J connectivity index is 0.000000182. The van der Waals surface area contributed by atoms with Crippen LogP contribution in [0.5, 0.6) is 0 Å².